The van der Waals surface area contributed by atoms with Crippen molar-refractivity contribution in [1.29, 1.82) is 0 Å². The molecule has 1 fully saturated rings. The van der Waals surface area contributed by atoms with E-state index in [-0.39, 0.29) is 5.25 Å². The van der Waals surface area contributed by atoms with E-state index in [4.69, 9.17) is 14.2 Å². The molecular weight excluding hydrogens is 316 g/mol. The number of hydrogen-bond acceptors (Lipinski definition) is 6. The molecule has 1 aromatic carbocycles. The van der Waals surface area contributed by atoms with Gasteiger partial charge in [-0.3, -0.25) is 4.79 Å². The van der Waals surface area contributed by atoms with Crippen molar-refractivity contribution in [2.75, 3.05) is 0 Å². The van der Waals surface area contributed by atoms with E-state index in [1.807, 2.05) is 13.0 Å². The lowest BCUT2D eigenvalue weighted by Crippen LogP contribution is -2.30. The van der Waals surface area contributed by atoms with Gasteiger partial charge in [0, 0.05) is 6.92 Å². The van der Waals surface area contributed by atoms with Crippen molar-refractivity contribution in [3.63, 3.8) is 0 Å². The zero-order valence-corrected chi connectivity index (χ0v) is 14.0. The van der Waals surface area contributed by atoms with Crippen LogP contribution in [0.3, 0.4) is 0 Å². The van der Waals surface area contributed by atoms with Gasteiger partial charge in [-0.15, -0.1) is 17.7 Å². The van der Waals surface area contributed by atoms with Crippen LogP contribution in [0, 0.1) is 11.8 Å². The average Bonchev–Trinajstić information content (AvgIpc) is 2.88. The van der Waals surface area contributed by atoms with E-state index in [9.17, 15) is 9.59 Å². The summed E-state index contributed by atoms with van der Waals surface area (Å²) in [6.07, 6.45) is -1.40. The molecule has 23 heavy (non-hydrogen) atoms. The van der Waals surface area contributed by atoms with E-state index < -0.39 is 29.8 Å². The first-order valence-electron chi connectivity index (χ1n) is 7.17. The highest BCUT2D eigenvalue weighted by Crippen LogP contribution is 2.36. The minimum atomic E-state index is -0.735. The summed E-state index contributed by atoms with van der Waals surface area (Å²) in [6, 6.07) is 8.69. The van der Waals surface area contributed by atoms with Gasteiger partial charge in [0.25, 0.3) is 0 Å². The van der Waals surface area contributed by atoms with Gasteiger partial charge in [-0.2, -0.15) is 0 Å². The summed E-state index contributed by atoms with van der Waals surface area (Å²) in [7, 11) is 0. The molecule has 1 aliphatic heterocycles. The van der Waals surface area contributed by atoms with Crippen molar-refractivity contribution in [3.05, 3.63) is 35.9 Å². The summed E-state index contributed by atoms with van der Waals surface area (Å²) in [5.74, 6) is 4.70. The number of benzene rings is 1. The second-order valence-electron chi connectivity index (χ2n) is 4.91. The van der Waals surface area contributed by atoms with Crippen LogP contribution in [-0.4, -0.2) is 35.0 Å². The third-order valence-corrected chi connectivity index (χ3v) is 4.34. The Morgan fingerprint density at radius 3 is 2.61 bits per heavy atom. The molecule has 5 nitrogen and oxygen atoms in total. The average molecular weight is 334 g/mol. The largest absolute Gasteiger partial charge is 0.442 e. The Bertz CT molecular complexity index is 619. The predicted molar refractivity (Wildman–Crippen MR) is 86.6 cm³/mol. The number of esters is 2. The SMILES string of the molecule is CC#CC(OC(=O)c1ccccc1)C1OC(OC(C)=O)[C@H](C)S1. The molecule has 0 N–H and O–H groups in total. The van der Waals surface area contributed by atoms with Crippen LogP contribution in [0.15, 0.2) is 30.3 Å². The number of thioether (sulfide) groups is 1. The Balaban J connectivity index is 2.05. The second-order valence-corrected chi connectivity index (χ2v) is 6.39. The number of ether oxygens (including phenoxy) is 3. The standard InChI is InChI=1S/C17H18O5S/c1-4-8-14(21-15(19)13-9-6-5-7-10-13)17-22-16(11(2)23-17)20-12(3)18/h5-7,9-11,14,16-17H,1-3H3/t11-,14?,16?,17?/m0/s1. The maximum absolute atomic E-state index is 12.2. The molecule has 0 aromatic heterocycles. The molecule has 1 aliphatic rings. The Labute approximate surface area is 139 Å². The topological polar surface area (TPSA) is 61.8 Å². The van der Waals surface area contributed by atoms with E-state index in [1.165, 1.54) is 18.7 Å². The normalized spacial score (nSPS) is 24.2. The maximum Gasteiger partial charge on any atom is 0.339 e. The first-order chi connectivity index (χ1) is 11.0. The van der Waals surface area contributed by atoms with E-state index >= 15 is 0 Å². The summed E-state index contributed by atoms with van der Waals surface area (Å²) < 4.78 is 16.2. The van der Waals surface area contributed by atoms with Crippen molar-refractivity contribution in [1.82, 2.24) is 0 Å². The van der Waals surface area contributed by atoms with Crippen LogP contribution in [0.1, 0.15) is 31.1 Å². The molecule has 1 heterocycles. The lowest BCUT2D eigenvalue weighted by Gasteiger charge is -2.18. The first-order valence-corrected chi connectivity index (χ1v) is 8.12. The fraction of sp³-hybridized carbons (Fsp3) is 0.412. The smallest absolute Gasteiger partial charge is 0.339 e. The highest BCUT2D eigenvalue weighted by molar-refractivity contribution is 8.00. The van der Waals surface area contributed by atoms with Crippen molar-refractivity contribution >= 4 is 23.7 Å². The molecule has 122 valence electrons. The van der Waals surface area contributed by atoms with E-state index in [0.717, 1.165) is 0 Å². The van der Waals surface area contributed by atoms with Gasteiger partial charge in [0.15, 0.2) is 11.5 Å². The van der Waals surface area contributed by atoms with Gasteiger partial charge in [-0.05, 0) is 26.0 Å². The number of rotatable bonds is 4. The van der Waals surface area contributed by atoms with Gasteiger partial charge in [-0.1, -0.05) is 24.1 Å². The molecule has 0 spiro atoms. The highest BCUT2D eigenvalue weighted by Gasteiger charge is 2.40. The molecule has 3 unspecified atom stereocenters. The van der Waals surface area contributed by atoms with E-state index in [0.29, 0.717) is 5.56 Å². The Hall–Kier alpha value is -1.97. The van der Waals surface area contributed by atoms with E-state index in [2.05, 4.69) is 11.8 Å². The number of carbonyl (C=O) groups excluding carboxylic acids is 2. The van der Waals surface area contributed by atoms with Crippen molar-refractivity contribution in [3.8, 4) is 11.8 Å². The van der Waals surface area contributed by atoms with Crippen molar-refractivity contribution < 1.29 is 23.8 Å². The van der Waals surface area contributed by atoms with Crippen LogP contribution >= 0.6 is 11.8 Å². The molecule has 2 rings (SSSR count). The summed E-state index contributed by atoms with van der Waals surface area (Å²) in [6.45, 7) is 4.87. The molecular formula is C17H18O5S. The molecule has 0 saturated carbocycles. The lowest BCUT2D eigenvalue weighted by atomic mass is 10.2. The quantitative estimate of drug-likeness (QED) is 0.623. The Kier molecular flexibility index (Phi) is 6.08. The number of hydrogen-bond donors (Lipinski definition) is 0. The van der Waals surface area contributed by atoms with Gasteiger partial charge in [0.1, 0.15) is 0 Å². The van der Waals surface area contributed by atoms with Gasteiger partial charge in [0.05, 0.1) is 10.8 Å². The summed E-state index contributed by atoms with van der Waals surface area (Å²) >= 11 is 1.42. The Morgan fingerprint density at radius 1 is 1.30 bits per heavy atom. The zero-order chi connectivity index (χ0) is 16.8. The Morgan fingerprint density at radius 2 is 2.00 bits per heavy atom. The monoisotopic (exact) mass is 334 g/mol. The second kappa shape index (κ2) is 8.04. The highest BCUT2D eigenvalue weighted by atomic mass is 32.2. The van der Waals surface area contributed by atoms with Gasteiger partial charge < -0.3 is 14.2 Å². The van der Waals surface area contributed by atoms with Gasteiger partial charge >= 0.3 is 11.9 Å². The third-order valence-electron chi connectivity index (χ3n) is 3.06. The molecule has 1 aromatic rings. The summed E-state index contributed by atoms with van der Waals surface area (Å²) in [5.41, 5.74) is -0.0579. The molecule has 4 atom stereocenters. The predicted octanol–water partition coefficient (Wildman–Crippen LogP) is 2.60. The van der Waals surface area contributed by atoms with Gasteiger partial charge in [-0.25, -0.2) is 4.79 Å². The van der Waals surface area contributed by atoms with Crippen LogP contribution in [0.2, 0.25) is 0 Å². The third kappa shape index (κ3) is 4.75. The maximum atomic E-state index is 12.2. The van der Waals surface area contributed by atoms with E-state index in [1.54, 1.807) is 31.2 Å². The van der Waals surface area contributed by atoms with Crippen LogP contribution in [0.25, 0.3) is 0 Å². The molecule has 1 saturated heterocycles. The van der Waals surface area contributed by atoms with Crippen LogP contribution in [0.4, 0.5) is 0 Å². The number of carbonyl (C=O) groups is 2. The first kappa shape index (κ1) is 17.4. The lowest BCUT2D eigenvalue weighted by molar-refractivity contribution is -0.177. The van der Waals surface area contributed by atoms with Gasteiger partial charge in [0.2, 0.25) is 6.29 Å². The van der Waals surface area contributed by atoms with Crippen LogP contribution in [0.5, 0.6) is 0 Å². The molecule has 0 radical (unpaired) electrons. The molecule has 0 bridgehead atoms. The minimum Gasteiger partial charge on any atom is -0.442 e. The zero-order valence-electron chi connectivity index (χ0n) is 13.1. The summed E-state index contributed by atoms with van der Waals surface area (Å²) in [5, 5.41) is -0.0690. The fourth-order valence-electron chi connectivity index (χ4n) is 2.03. The molecule has 0 amide bonds. The van der Waals surface area contributed by atoms with Crippen LogP contribution in [-0.2, 0) is 19.0 Å². The molecule has 0 aliphatic carbocycles. The fourth-order valence-corrected chi connectivity index (χ4v) is 3.14. The van der Waals surface area contributed by atoms with Crippen molar-refractivity contribution in [2.24, 2.45) is 0 Å². The minimum absolute atomic E-state index is 0.0690. The van der Waals surface area contributed by atoms with Crippen molar-refractivity contribution in [2.45, 2.75) is 43.9 Å². The van der Waals surface area contributed by atoms with Crippen LogP contribution < -0.4 is 0 Å². The summed E-state index contributed by atoms with van der Waals surface area (Å²) in [4.78, 5) is 23.3. The molecule has 6 heteroatoms.